The van der Waals surface area contributed by atoms with E-state index in [4.69, 9.17) is 29.1 Å². The molecule has 0 bridgehead atoms. The molecule has 1 N–H and O–H groups in total. The Kier molecular flexibility index (Phi) is 6.16. The molecule has 154 valence electrons. The molecule has 0 radical (unpaired) electrons. The highest BCUT2D eigenvalue weighted by Gasteiger charge is 2.42. The van der Waals surface area contributed by atoms with Crippen LogP contribution in [0.4, 0.5) is 0 Å². The maximum absolute atomic E-state index is 8.79. The van der Waals surface area contributed by atoms with E-state index in [-0.39, 0.29) is 19.3 Å². The summed E-state index contributed by atoms with van der Waals surface area (Å²) in [6.45, 7) is 4.86. The van der Waals surface area contributed by atoms with E-state index in [2.05, 4.69) is 6.58 Å². The summed E-state index contributed by atoms with van der Waals surface area (Å²) < 4.78 is 17.2. The van der Waals surface area contributed by atoms with Crippen molar-refractivity contribution in [3.05, 3.63) is 60.7 Å². The van der Waals surface area contributed by atoms with Crippen LogP contribution in [0.15, 0.2) is 55.1 Å². The Morgan fingerprint density at radius 2 is 1.62 bits per heavy atom. The molecule has 4 rings (SSSR count). The van der Waals surface area contributed by atoms with E-state index in [1.807, 2.05) is 36.4 Å². The normalized spacial score (nSPS) is 20.5. The minimum Gasteiger partial charge on any atom is -0.491 e. The molecule has 1 saturated heterocycles. The highest BCUT2D eigenvalue weighted by atomic mass is 17.2. The molecule has 0 aromatic heterocycles. The van der Waals surface area contributed by atoms with E-state index >= 15 is 0 Å². The molecule has 2 aromatic rings. The van der Waals surface area contributed by atoms with E-state index in [0.29, 0.717) is 23.9 Å². The van der Waals surface area contributed by atoms with Crippen LogP contribution in [0.25, 0.3) is 5.57 Å². The van der Waals surface area contributed by atoms with Gasteiger partial charge in [-0.2, -0.15) is 0 Å². The molecule has 2 aromatic carbocycles. The van der Waals surface area contributed by atoms with Crippen molar-refractivity contribution in [3.8, 4) is 17.2 Å². The second kappa shape index (κ2) is 8.97. The molecule has 1 unspecified atom stereocenters. The quantitative estimate of drug-likeness (QED) is 0.694. The van der Waals surface area contributed by atoms with Gasteiger partial charge in [0, 0.05) is 12.8 Å². The molecule has 1 saturated carbocycles. The predicted octanol–water partition coefficient (Wildman–Crippen LogP) is 4.48. The van der Waals surface area contributed by atoms with E-state index in [0.717, 1.165) is 36.8 Å². The Balaban J connectivity index is 1.32. The monoisotopic (exact) mass is 398 g/mol. The highest BCUT2D eigenvalue weighted by Crippen LogP contribution is 2.39. The Morgan fingerprint density at radius 1 is 1.00 bits per heavy atom. The van der Waals surface area contributed by atoms with Crippen LogP contribution in [0.2, 0.25) is 0 Å². The average molecular weight is 398 g/mol. The zero-order valence-electron chi connectivity index (χ0n) is 16.3. The zero-order chi connectivity index (χ0) is 20.1. The van der Waals surface area contributed by atoms with Gasteiger partial charge < -0.3 is 19.3 Å². The van der Waals surface area contributed by atoms with E-state index in [9.17, 15) is 0 Å². The molecule has 0 amide bonds. The lowest BCUT2D eigenvalue weighted by atomic mass is 10.0. The van der Waals surface area contributed by atoms with Gasteiger partial charge in [-0.25, -0.2) is 9.78 Å². The number of aliphatic hydroxyl groups excluding tert-OH is 1. The van der Waals surface area contributed by atoms with Crippen molar-refractivity contribution in [2.24, 2.45) is 0 Å². The standard InChI is InChI=1S/C23H26O6/c1-17(22-16-26-23(29-28-22)12-2-3-13-23)18-4-6-20(7-5-18)27-21-10-8-19(9-11-21)25-15-14-24/h4-11,22,24H,1-3,12-16H2. The average Bonchev–Trinajstić information content (AvgIpc) is 3.22. The molecule has 1 heterocycles. The number of benzene rings is 2. The minimum absolute atomic E-state index is 0.0130. The lowest BCUT2D eigenvalue weighted by Gasteiger charge is -2.36. The third kappa shape index (κ3) is 4.79. The summed E-state index contributed by atoms with van der Waals surface area (Å²) in [6.07, 6.45) is 3.66. The molecule has 6 heteroatoms. The third-order valence-corrected chi connectivity index (χ3v) is 5.21. The van der Waals surface area contributed by atoms with Gasteiger partial charge in [0.25, 0.3) is 0 Å². The first-order valence-electron chi connectivity index (χ1n) is 9.97. The maximum Gasteiger partial charge on any atom is 0.201 e. The van der Waals surface area contributed by atoms with Crippen LogP contribution < -0.4 is 9.47 Å². The fourth-order valence-corrected chi connectivity index (χ4v) is 3.55. The summed E-state index contributed by atoms with van der Waals surface area (Å²) in [6, 6.07) is 14.9. The Bertz CT molecular complexity index is 798. The number of aliphatic hydroxyl groups is 1. The van der Waals surface area contributed by atoms with Crippen LogP contribution in [-0.4, -0.2) is 36.8 Å². The highest BCUT2D eigenvalue weighted by molar-refractivity contribution is 5.67. The smallest absolute Gasteiger partial charge is 0.201 e. The van der Waals surface area contributed by atoms with Crippen LogP contribution in [0, 0.1) is 0 Å². The van der Waals surface area contributed by atoms with Crippen LogP contribution in [0.3, 0.4) is 0 Å². The fraction of sp³-hybridized carbons (Fsp3) is 0.391. The van der Waals surface area contributed by atoms with E-state index in [1.54, 1.807) is 12.1 Å². The molecule has 2 fully saturated rings. The van der Waals surface area contributed by atoms with Crippen molar-refractivity contribution < 1.29 is 29.1 Å². The molecule has 2 aliphatic rings. The largest absolute Gasteiger partial charge is 0.491 e. The lowest BCUT2D eigenvalue weighted by molar-refractivity contribution is -0.475. The fourth-order valence-electron chi connectivity index (χ4n) is 3.55. The van der Waals surface area contributed by atoms with Gasteiger partial charge in [-0.15, -0.1) is 0 Å². The molecule has 6 nitrogen and oxygen atoms in total. The van der Waals surface area contributed by atoms with E-state index < -0.39 is 5.79 Å². The van der Waals surface area contributed by atoms with Crippen molar-refractivity contribution >= 4 is 5.57 Å². The summed E-state index contributed by atoms with van der Waals surface area (Å²) in [7, 11) is 0. The number of hydrogen-bond donors (Lipinski definition) is 1. The Labute approximate surface area is 170 Å². The molecule has 1 aliphatic heterocycles. The predicted molar refractivity (Wildman–Crippen MR) is 108 cm³/mol. The summed E-state index contributed by atoms with van der Waals surface area (Å²) in [5.74, 6) is 1.56. The molecule has 29 heavy (non-hydrogen) atoms. The van der Waals surface area contributed by atoms with Crippen LogP contribution in [0.5, 0.6) is 17.2 Å². The minimum atomic E-state index is -0.548. The third-order valence-electron chi connectivity index (χ3n) is 5.21. The Morgan fingerprint density at radius 3 is 2.21 bits per heavy atom. The number of ether oxygens (including phenoxy) is 3. The molecule has 1 aliphatic carbocycles. The first kappa shape index (κ1) is 19.9. The van der Waals surface area contributed by atoms with Crippen molar-refractivity contribution in [1.82, 2.24) is 0 Å². The van der Waals surface area contributed by atoms with Gasteiger partial charge in [0.1, 0.15) is 30.0 Å². The van der Waals surface area contributed by atoms with Crippen molar-refractivity contribution in [1.29, 1.82) is 0 Å². The van der Waals surface area contributed by atoms with Gasteiger partial charge in [0.15, 0.2) is 0 Å². The summed E-state index contributed by atoms with van der Waals surface area (Å²) in [5.41, 5.74) is 1.76. The summed E-state index contributed by atoms with van der Waals surface area (Å²) in [4.78, 5) is 11.2. The van der Waals surface area contributed by atoms with Crippen LogP contribution in [0.1, 0.15) is 31.2 Å². The van der Waals surface area contributed by atoms with Gasteiger partial charge in [-0.3, -0.25) is 0 Å². The molecular weight excluding hydrogens is 372 g/mol. The van der Waals surface area contributed by atoms with Crippen molar-refractivity contribution in [2.45, 2.75) is 37.6 Å². The number of rotatable bonds is 7. The topological polar surface area (TPSA) is 66.4 Å². The van der Waals surface area contributed by atoms with Gasteiger partial charge in [-0.1, -0.05) is 18.7 Å². The maximum atomic E-state index is 8.79. The van der Waals surface area contributed by atoms with Crippen molar-refractivity contribution in [2.75, 3.05) is 19.8 Å². The Hall–Kier alpha value is -2.38. The number of hydrogen-bond acceptors (Lipinski definition) is 6. The van der Waals surface area contributed by atoms with E-state index in [1.165, 1.54) is 0 Å². The van der Waals surface area contributed by atoms with Gasteiger partial charge in [0.05, 0.1) is 13.2 Å². The first-order valence-corrected chi connectivity index (χ1v) is 9.97. The van der Waals surface area contributed by atoms with Crippen molar-refractivity contribution in [3.63, 3.8) is 0 Å². The SMILES string of the molecule is C=C(c1ccc(Oc2ccc(OCCO)cc2)cc1)C1COC2(CCCC2)OO1. The van der Waals surface area contributed by atoms with Gasteiger partial charge >= 0.3 is 0 Å². The van der Waals surface area contributed by atoms with Crippen LogP contribution in [-0.2, 0) is 14.5 Å². The molecule has 1 spiro atoms. The van der Waals surface area contributed by atoms with Gasteiger partial charge in [-0.05, 0) is 60.4 Å². The summed E-state index contributed by atoms with van der Waals surface area (Å²) >= 11 is 0. The second-order valence-electron chi connectivity index (χ2n) is 7.29. The van der Waals surface area contributed by atoms with Gasteiger partial charge in [0.2, 0.25) is 5.79 Å². The van der Waals surface area contributed by atoms with Crippen LogP contribution >= 0.6 is 0 Å². The summed E-state index contributed by atoms with van der Waals surface area (Å²) in [5, 5.41) is 8.79. The second-order valence-corrected chi connectivity index (χ2v) is 7.29. The zero-order valence-corrected chi connectivity index (χ0v) is 16.3. The lowest BCUT2D eigenvalue weighted by Crippen LogP contribution is -2.43. The first-order chi connectivity index (χ1) is 14.2. The molecule has 1 atom stereocenters. The molecular formula is C23H26O6.